The third-order valence-electron chi connectivity index (χ3n) is 2.83. The van der Waals surface area contributed by atoms with Crippen LogP contribution in [0.1, 0.15) is 33.6 Å². The van der Waals surface area contributed by atoms with Gasteiger partial charge in [0.25, 0.3) is 0 Å². The second-order valence-electron chi connectivity index (χ2n) is 5.95. The van der Waals surface area contributed by atoms with Crippen molar-refractivity contribution in [2.24, 2.45) is 11.3 Å². The Hall–Kier alpha value is -0.0800. The van der Waals surface area contributed by atoms with Crippen molar-refractivity contribution in [3.05, 3.63) is 0 Å². The van der Waals surface area contributed by atoms with Crippen molar-refractivity contribution in [1.29, 1.82) is 0 Å². The molecule has 1 atom stereocenters. The summed E-state index contributed by atoms with van der Waals surface area (Å²) in [6.45, 7) is 11.8. The Kier molecular flexibility index (Phi) is 4.39. The second kappa shape index (κ2) is 5.13. The van der Waals surface area contributed by atoms with Crippen LogP contribution in [0, 0.1) is 11.3 Å². The second-order valence-corrected chi connectivity index (χ2v) is 5.95. The number of nitrogens with zero attached hydrogens (tertiary/aromatic N) is 1. The van der Waals surface area contributed by atoms with E-state index in [1.807, 2.05) is 0 Å². The molecule has 2 heteroatoms. The Morgan fingerprint density at radius 3 is 2.57 bits per heavy atom. The van der Waals surface area contributed by atoms with Crippen LogP contribution in [0.15, 0.2) is 0 Å². The highest BCUT2D eigenvalue weighted by atomic mass is 15.1. The number of nitrogens with one attached hydrogen (secondary N) is 1. The first-order valence-corrected chi connectivity index (χ1v) is 5.87. The van der Waals surface area contributed by atoms with Gasteiger partial charge in [-0.3, -0.25) is 0 Å². The lowest BCUT2D eigenvalue weighted by molar-refractivity contribution is 0.216. The van der Waals surface area contributed by atoms with Crippen LogP contribution in [0.3, 0.4) is 0 Å². The van der Waals surface area contributed by atoms with Gasteiger partial charge in [-0.1, -0.05) is 20.8 Å². The molecule has 2 nitrogen and oxygen atoms in total. The van der Waals surface area contributed by atoms with Gasteiger partial charge in [-0.2, -0.15) is 0 Å². The number of hydrogen-bond donors (Lipinski definition) is 1. The number of rotatable bonds is 4. The molecule has 0 aliphatic carbocycles. The molecule has 1 N–H and O–H groups in total. The summed E-state index contributed by atoms with van der Waals surface area (Å²) in [6.07, 6.45) is 2.74. The number of hydrogen-bond acceptors (Lipinski definition) is 2. The molecular weight excluding hydrogens is 172 g/mol. The molecule has 1 unspecified atom stereocenters. The molecule has 1 rings (SSSR count). The monoisotopic (exact) mass is 198 g/mol. The van der Waals surface area contributed by atoms with Crippen molar-refractivity contribution in [2.75, 3.05) is 33.2 Å². The molecule has 0 bridgehead atoms. The van der Waals surface area contributed by atoms with Gasteiger partial charge in [-0.15, -0.1) is 0 Å². The average Bonchev–Trinajstić information content (AvgIpc) is 2.49. The van der Waals surface area contributed by atoms with Gasteiger partial charge in [-0.25, -0.2) is 0 Å². The Balaban J connectivity index is 2.11. The maximum Gasteiger partial charge on any atom is 0.00270 e. The molecule has 0 amide bonds. The lowest BCUT2D eigenvalue weighted by Gasteiger charge is -2.27. The summed E-state index contributed by atoms with van der Waals surface area (Å²) in [7, 11) is 2.24. The normalized spacial score (nSPS) is 23.4. The van der Waals surface area contributed by atoms with E-state index in [2.05, 4.69) is 38.0 Å². The SMILES string of the molecule is CN(CCC1CCNC1)CC(C)(C)C. The van der Waals surface area contributed by atoms with Crippen molar-refractivity contribution in [3.63, 3.8) is 0 Å². The largest absolute Gasteiger partial charge is 0.316 e. The fraction of sp³-hybridized carbons (Fsp3) is 1.00. The molecular formula is C12H26N2. The maximum atomic E-state index is 3.43. The van der Waals surface area contributed by atoms with E-state index in [0.29, 0.717) is 5.41 Å². The van der Waals surface area contributed by atoms with Crippen molar-refractivity contribution >= 4 is 0 Å². The highest BCUT2D eigenvalue weighted by molar-refractivity contribution is 4.73. The van der Waals surface area contributed by atoms with Gasteiger partial charge in [0.05, 0.1) is 0 Å². The molecule has 14 heavy (non-hydrogen) atoms. The lowest BCUT2D eigenvalue weighted by atomic mass is 9.96. The van der Waals surface area contributed by atoms with E-state index in [-0.39, 0.29) is 0 Å². The van der Waals surface area contributed by atoms with Crippen molar-refractivity contribution < 1.29 is 0 Å². The molecule has 1 fully saturated rings. The molecule has 1 aliphatic heterocycles. The summed E-state index contributed by atoms with van der Waals surface area (Å²) >= 11 is 0. The quantitative estimate of drug-likeness (QED) is 0.743. The minimum Gasteiger partial charge on any atom is -0.316 e. The molecule has 0 saturated carbocycles. The standard InChI is InChI=1S/C12H26N2/c1-12(2,3)10-14(4)8-6-11-5-7-13-9-11/h11,13H,5-10H2,1-4H3. The Morgan fingerprint density at radius 2 is 2.07 bits per heavy atom. The first kappa shape index (κ1) is 12.0. The van der Waals surface area contributed by atoms with Gasteiger partial charge in [0.2, 0.25) is 0 Å². The summed E-state index contributed by atoms with van der Waals surface area (Å²) < 4.78 is 0. The zero-order valence-corrected chi connectivity index (χ0v) is 10.3. The molecule has 0 aromatic carbocycles. The van der Waals surface area contributed by atoms with Crippen LogP contribution in [-0.2, 0) is 0 Å². The Labute approximate surface area is 89.1 Å². The van der Waals surface area contributed by atoms with Crippen LogP contribution in [0.2, 0.25) is 0 Å². The molecule has 0 aromatic rings. The Morgan fingerprint density at radius 1 is 1.36 bits per heavy atom. The molecule has 1 saturated heterocycles. The van der Waals surface area contributed by atoms with Crippen molar-refractivity contribution in [1.82, 2.24) is 10.2 Å². The summed E-state index contributed by atoms with van der Waals surface area (Å²) in [5.74, 6) is 0.928. The molecule has 0 aromatic heterocycles. The lowest BCUT2D eigenvalue weighted by Crippen LogP contribution is -2.31. The predicted octanol–water partition coefficient (Wildman–Crippen LogP) is 1.96. The molecule has 84 valence electrons. The minimum absolute atomic E-state index is 0.433. The van der Waals surface area contributed by atoms with E-state index in [1.165, 1.54) is 39.0 Å². The minimum atomic E-state index is 0.433. The van der Waals surface area contributed by atoms with Crippen molar-refractivity contribution in [2.45, 2.75) is 33.6 Å². The molecule has 0 radical (unpaired) electrons. The fourth-order valence-corrected chi connectivity index (χ4v) is 2.25. The third kappa shape index (κ3) is 4.97. The average molecular weight is 198 g/mol. The summed E-state index contributed by atoms with van der Waals surface area (Å²) in [4.78, 5) is 2.47. The Bertz CT molecular complexity index is 154. The van der Waals surface area contributed by atoms with E-state index >= 15 is 0 Å². The summed E-state index contributed by atoms with van der Waals surface area (Å²) in [6, 6.07) is 0. The molecule has 0 spiro atoms. The topological polar surface area (TPSA) is 15.3 Å². The van der Waals surface area contributed by atoms with Crippen LogP contribution in [0.4, 0.5) is 0 Å². The highest BCUT2D eigenvalue weighted by Crippen LogP contribution is 2.16. The van der Waals surface area contributed by atoms with Crippen LogP contribution < -0.4 is 5.32 Å². The van der Waals surface area contributed by atoms with Gasteiger partial charge in [0.15, 0.2) is 0 Å². The first-order valence-electron chi connectivity index (χ1n) is 5.87. The molecule has 1 aliphatic rings. The van der Waals surface area contributed by atoms with E-state index < -0.39 is 0 Å². The zero-order valence-electron chi connectivity index (χ0n) is 10.3. The van der Waals surface area contributed by atoms with Gasteiger partial charge in [0, 0.05) is 6.54 Å². The van der Waals surface area contributed by atoms with Crippen LogP contribution in [0.5, 0.6) is 0 Å². The summed E-state index contributed by atoms with van der Waals surface area (Å²) in [5, 5.41) is 3.43. The highest BCUT2D eigenvalue weighted by Gasteiger charge is 2.17. The van der Waals surface area contributed by atoms with Gasteiger partial charge < -0.3 is 10.2 Å². The maximum absolute atomic E-state index is 3.43. The van der Waals surface area contributed by atoms with Gasteiger partial charge in [-0.05, 0) is 50.9 Å². The van der Waals surface area contributed by atoms with Crippen LogP contribution >= 0.6 is 0 Å². The van der Waals surface area contributed by atoms with Crippen LogP contribution in [0.25, 0.3) is 0 Å². The summed E-state index contributed by atoms with van der Waals surface area (Å²) in [5.41, 5.74) is 0.433. The van der Waals surface area contributed by atoms with Gasteiger partial charge >= 0.3 is 0 Å². The van der Waals surface area contributed by atoms with E-state index in [4.69, 9.17) is 0 Å². The fourth-order valence-electron chi connectivity index (χ4n) is 2.25. The van der Waals surface area contributed by atoms with E-state index in [1.54, 1.807) is 0 Å². The van der Waals surface area contributed by atoms with Crippen LogP contribution in [-0.4, -0.2) is 38.1 Å². The van der Waals surface area contributed by atoms with E-state index in [9.17, 15) is 0 Å². The van der Waals surface area contributed by atoms with Crippen molar-refractivity contribution in [3.8, 4) is 0 Å². The smallest absolute Gasteiger partial charge is 0.00270 e. The zero-order chi connectivity index (χ0) is 10.6. The molecule has 1 heterocycles. The van der Waals surface area contributed by atoms with E-state index in [0.717, 1.165) is 5.92 Å². The first-order chi connectivity index (χ1) is 6.47. The van der Waals surface area contributed by atoms with Gasteiger partial charge in [0.1, 0.15) is 0 Å². The third-order valence-corrected chi connectivity index (χ3v) is 2.83. The predicted molar refractivity (Wildman–Crippen MR) is 62.5 cm³/mol.